The normalized spacial score (nSPS) is 15.0. The van der Waals surface area contributed by atoms with E-state index < -0.39 is 0 Å². The number of carbonyl (C=O) groups is 1. The van der Waals surface area contributed by atoms with Crippen LogP contribution in [-0.4, -0.2) is 56.1 Å². The molecule has 1 aliphatic rings. The van der Waals surface area contributed by atoms with Gasteiger partial charge in [0.2, 0.25) is 0 Å². The van der Waals surface area contributed by atoms with Gasteiger partial charge in [-0.3, -0.25) is 9.69 Å². The molecular formula is C20H23IN2O3. The second-order valence-electron chi connectivity index (χ2n) is 6.26. The lowest BCUT2D eigenvalue weighted by molar-refractivity contribution is 0.0627. The van der Waals surface area contributed by atoms with Crippen molar-refractivity contribution in [2.24, 2.45) is 0 Å². The van der Waals surface area contributed by atoms with Crippen LogP contribution in [0.5, 0.6) is 11.5 Å². The number of methoxy groups -OCH3 is 2. The van der Waals surface area contributed by atoms with Crippen LogP contribution < -0.4 is 9.47 Å². The summed E-state index contributed by atoms with van der Waals surface area (Å²) in [5, 5.41) is 0. The number of hydrogen-bond acceptors (Lipinski definition) is 4. The van der Waals surface area contributed by atoms with Gasteiger partial charge in [0.25, 0.3) is 5.91 Å². The fourth-order valence-corrected chi connectivity index (χ4v) is 3.70. The minimum absolute atomic E-state index is 0.113. The quantitative estimate of drug-likeness (QED) is 0.635. The van der Waals surface area contributed by atoms with Crippen LogP contribution in [0.3, 0.4) is 0 Å². The lowest BCUT2D eigenvalue weighted by atomic mass is 10.1. The van der Waals surface area contributed by atoms with Crippen LogP contribution in [0.2, 0.25) is 0 Å². The summed E-state index contributed by atoms with van der Waals surface area (Å²) in [4.78, 5) is 16.9. The van der Waals surface area contributed by atoms with Gasteiger partial charge >= 0.3 is 0 Å². The van der Waals surface area contributed by atoms with Gasteiger partial charge in [-0.05, 0) is 59.0 Å². The van der Waals surface area contributed by atoms with Gasteiger partial charge in [0.15, 0.2) is 0 Å². The van der Waals surface area contributed by atoms with E-state index in [0.717, 1.165) is 58.9 Å². The molecule has 5 nitrogen and oxygen atoms in total. The van der Waals surface area contributed by atoms with Gasteiger partial charge in [0.1, 0.15) is 11.5 Å². The van der Waals surface area contributed by atoms with Gasteiger partial charge in [-0.25, -0.2) is 0 Å². The fourth-order valence-electron chi connectivity index (χ4n) is 3.16. The minimum Gasteiger partial charge on any atom is -0.497 e. The van der Waals surface area contributed by atoms with Gasteiger partial charge in [-0.2, -0.15) is 0 Å². The highest BCUT2D eigenvalue weighted by atomic mass is 127. The highest BCUT2D eigenvalue weighted by Crippen LogP contribution is 2.25. The van der Waals surface area contributed by atoms with Crippen LogP contribution >= 0.6 is 22.6 Å². The molecule has 0 atom stereocenters. The molecule has 1 fully saturated rings. The third-order valence-electron chi connectivity index (χ3n) is 4.61. The van der Waals surface area contributed by atoms with Gasteiger partial charge in [-0.15, -0.1) is 0 Å². The molecule has 6 heteroatoms. The third-order valence-corrected chi connectivity index (χ3v) is 5.28. The maximum atomic E-state index is 12.7. The van der Waals surface area contributed by atoms with E-state index in [0.29, 0.717) is 0 Å². The van der Waals surface area contributed by atoms with Crippen molar-refractivity contribution in [3.63, 3.8) is 0 Å². The first kappa shape index (κ1) is 19.0. The summed E-state index contributed by atoms with van der Waals surface area (Å²) in [6, 6.07) is 13.6. The molecule has 1 heterocycles. The van der Waals surface area contributed by atoms with E-state index in [1.54, 1.807) is 14.2 Å². The first-order valence-electron chi connectivity index (χ1n) is 8.59. The van der Waals surface area contributed by atoms with Crippen molar-refractivity contribution >= 4 is 28.5 Å². The van der Waals surface area contributed by atoms with Crippen molar-refractivity contribution in [3.05, 3.63) is 57.2 Å². The number of nitrogens with zero attached hydrogens (tertiary/aromatic N) is 2. The van der Waals surface area contributed by atoms with Gasteiger partial charge in [0.05, 0.1) is 14.2 Å². The van der Waals surface area contributed by atoms with E-state index in [9.17, 15) is 4.79 Å². The zero-order chi connectivity index (χ0) is 18.5. The van der Waals surface area contributed by atoms with Crippen LogP contribution in [0.1, 0.15) is 15.9 Å². The van der Waals surface area contributed by atoms with Gasteiger partial charge < -0.3 is 14.4 Å². The van der Waals surface area contributed by atoms with Crippen molar-refractivity contribution in [2.45, 2.75) is 6.54 Å². The standard InChI is InChI=1S/C20H23IN2O3/c1-25-18-6-7-19(26-2)16(13-18)14-22-8-10-23(11-9-22)20(24)15-4-3-5-17(21)12-15/h3-7,12-13H,8-11,14H2,1-2H3. The zero-order valence-electron chi connectivity index (χ0n) is 15.1. The maximum absolute atomic E-state index is 12.7. The van der Waals surface area contributed by atoms with Crippen LogP contribution in [0.25, 0.3) is 0 Å². The predicted octanol–water partition coefficient (Wildman–Crippen LogP) is 3.27. The maximum Gasteiger partial charge on any atom is 0.253 e. The summed E-state index contributed by atoms with van der Waals surface area (Å²) in [6.45, 7) is 3.94. The summed E-state index contributed by atoms with van der Waals surface area (Å²) in [7, 11) is 3.35. The third kappa shape index (κ3) is 4.48. The van der Waals surface area contributed by atoms with Crippen LogP contribution in [0.15, 0.2) is 42.5 Å². The molecule has 0 aromatic heterocycles. The molecule has 1 amide bonds. The summed E-state index contributed by atoms with van der Waals surface area (Å²) in [6.07, 6.45) is 0. The predicted molar refractivity (Wildman–Crippen MR) is 110 cm³/mol. The molecule has 2 aromatic carbocycles. The number of benzene rings is 2. The monoisotopic (exact) mass is 466 g/mol. The molecule has 0 spiro atoms. The van der Waals surface area contributed by atoms with E-state index >= 15 is 0 Å². The Morgan fingerprint density at radius 3 is 2.46 bits per heavy atom. The molecular weight excluding hydrogens is 443 g/mol. The molecule has 0 unspecified atom stereocenters. The van der Waals surface area contributed by atoms with E-state index in [1.807, 2.05) is 47.4 Å². The average Bonchev–Trinajstić information content (AvgIpc) is 2.68. The Balaban J connectivity index is 1.61. The van der Waals surface area contributed by atoms with Crippen LogP contribution in [0.4, 0.5) is 0 Å². The second kappa shape index (κ2) is 8.73. The summed E-state index contributed by atoms with van der Waals surface area (Å²) >= 11 is 2.24. The number of carbonyl (C=O) groups excluding carboxylic acids is 1. The van der Waals surface area contributed by atoms with Crippen molar-refractivity contribution < 1.29 is 14.3 Å². The molecule has 138 valence electrons. The van der Waals surface area contributed by atoms with Crippen molar-refractivity contribution in [2.75, 3.05) is 40.4 Å². The SMILES string of the molecule is COc1ccc(OC)c(CN2CCN(C(=O)c3cccc(I)c3)CC2)c1. The van der Waals surface area contributed by atoms with Gasteiger partial charge in [0, 0.05) is 47.4 Å². The molecule has 0 aliphatic carbocycles. The Bertz CT molecular complexity index is 773. The first-order valence-corrected chi connectivity index (χ1v) is 9.66. The number of rotatable bonds is 5. The first-order chi connectivity index (χ1) is 12.6. The van der Waals surface area contributed by atoms with Crippen LogP contribution in [0, 0.1) is 3.57 Å². The van der Waals surface area contributed by atoms with Crippen molar-refractivity contribution in [1.29, 1.82) is 0 Å². The Labute approximate surface area is 168 Å². The highest BCUT2D eigenvalue weighted by Gasteiger charge is 2.23. The molecule has 0 saturated carbocycles. The van der Waals surface area contributed by atoms with E-state index in [-0.39, 0.29) is 5.91 Å². The van der Waals surface area contributed by atoms with Crippen molar-refractivity contribution in [3.8, 4) is 11.5 Å². The summed E-state index contributed by atoms with van der Waals surface area (Å²) in [5.74, 6) is 1.80. The number of halogens is 1. The lowest BCUT2D eigenvalue weighted by Crippen LogP contribution is -2.48. The average molecular weight is 466 g/mol. The second-order valence-corrected chi connectivity index (χ2v) is 7.50. The molecule has 26 heavy (non-hydrogen) atoms. The van der Waals surface area contributed by atoms with Gasteiger partial charge in [-0.1, -0.05) is 6.07 Å². The van der Waals surface area contributed by atoms with Crippen LogP contribution in [-0.2, 0) is 6.54 Å². The Morgan fingerprint density at radius 2 is 1.81 bits per heavy atom. The van der Waals surface area contributed by atoms with E-state index in [4.69, 9.17) is 9.47 Å². The summed E-state index contributed by atoms with van der Waals surface area (Å²) < 4.78 is 11.9. The number of hydrogen-bond donors (Lipinski definition) is 0. The van der Waals surface area contributed by atoms with Crippen molar-refractivity contribution in [1.82, 2.24) is 9.80 Å². The molecule has 1 saturated heterocycles. The van der Waals surface area contributed by atoms with E-state index in [2.05, 4.69) is 27.5 Å². The molecule has 0 radical (unpaired) electrons. The topological polar surface area (TPSA) is 42.0 Å². The minimum atomic E-state index is 0.113. The Kier molecular flexibility index (Phi) is 6.37. The fraction of sp³-hybridized carbons (Fsp3) is 0.350. The lowest BCUT2D eigenvalue weighted by Gasteiger charge is -2.35. The highest BCUT2D eigenvalue weighted by molar-refractivity contribution is 14.1. The van der Waals surface area contributed by atoms with E-state index in [1.165, 1.54) is 0 Å². The number of piperazine rings is 1. The molecule has 3 rings (SSSR count). The molecule has 0 N–H and O–H groups in total. The Hall–Kier alpha value is -1.80. The molecule has 1 aliphatic heterocycles. The molecule has 2 aromatic rings. The zero-order valence-corrected chi connectivity index (χ0v) is 17.2. The Morgan fingerprint density at radius 1 is 1.04 bits per heavy atom. The number of ether oxygens (including phenoxy) is 2. The summed E-state index contributed by atoms with van der Waals surface area (Å²) in [5.41, 5.74) is 1.86. The molecule has 0 bridgehead atoms. The largest absolute Gasteiger partial charge is 0.497 e. The smallest absolute Gasteiger partial charge is 0.253 e. The number of amides is 1.